The Morgan fingerprint density at radius 1 is 0.722 bits per heavy atom. The van der Waals surface area contributed by atoms with E-state index in [9.17, 15) is 0 Å². The minimum atomic E-state index is 0. The van der Waals surface area contributed by atoms with E-state index in [2.05, 4.69) is 60.7 Å². The van der Waals surface area contributed by atoms with Crippen LogP contribution < -0.4 is 24.8 Å². The van der Waals surface area contributed by atoms with Crippen LogP contribution in [0, 0.1) is 0 Å². The van der Waals surface area contributed by atoms with Gasteiger partial charge < -0.3 is 24.8 Å². The number of hydrogen-bond acceptors (Lipinski definition) is 0. The zero-order valence-corrected chi connectivity index (χ0v) is 14.7. The van der Waals surface area contributed by atoms with Crippen LogP contribution in [0.3, 0.4) is 0 Å². The molecule has 0 heterocycles. The van der Waals surface area contributed by atoms with Crippen LogP contribution in [0.4, 0.5) is 0 Å². The first-order valence-corrected chi connectivity index (χ1v) is 5.14. The van der Waals surface area contributed by atoms with Gasteiger partial charge in [0.1, 0.15) is 0 Å². The van der Waals surface area contributed by atoms with Crippen LogP contribution in [0.2, 0.25) is 0 Å². The summed E-state index contributed by atoms with van der Waals surface area (Å²) >= 11 is 0. The Kier molecular flexibility index (Phi) is 7.61. The number of benzene rings is 2. The topological polar surface area (TPSA) is 0 Å². The van der Waals surface area contributed by atoms with Crippen LogP contribution in [0.15, 0.2) is 66.7 Å². The van der Waals surface area contributed by atoms with E-state index >= 15 is 0 Å². The van der Waals surface area contributed by atoms with E-state index < -0.39 is 0 Å². The van der Waals surface area contributed by atoms with Gasteiger partial charge >= 0.3 is 0 Å². The van der Waals surface area contributed by atoms with Gasteiger partial charge in [-0.25, -0.2) is 0 Å². The van der Waals surface area contributed by atoms with E-state index in [0.717, 1.165) is 0 Å². The van der Waals surface area contributed by atoms with E-state index in [1.165, 1.54) is 21.9 Å². The van der Waals surface area contributed by atoms with E-state index in [1.54, 1.807) is 0 Å². The molecule has 0 aromatic heterocycles. The van der Waals surface area contributed by atoms with Gasteiger partial charge in [-0.15, -0.1) is 17.5 Å². The standard InChI is InChI=1S/C15H11.2ClH.Hf/c1-2-5-12(6-3-1)15-10-9-13-7-4-8-14(13)11-15;;;/h1-11H;2*1H;/q-1;;;/p-2. The van der Waals surface area contributed by atoms with Gasteiger partial charge in [0, 0.05) is 25.8 Å². The SMILES string of the molecule is [Cl-].[Cl-].[Hf].c1ccc(-c2ccc3[cH-]ccc3c2)cc1. The monoisotopic (exact) mass is 441 g/mol. The molecule has 0 atom stereocenters. The van der Waals surface area contributed by atoms with Crippen molar-refractivity contribution < 1.29 is 50.7 Å². The van der Waals surface area contributed by atoms with Crippen LogP contribution in [0.5, 0.6) is 0 Å². The summed E-state index contributed by atoms with van der Waals surface area (Å²) in [5.74, 6) is 0. The number of rotatable bonds is 1. The predicted octanol–water partition coefficient (Wildman–Crippen LogP) is -1.77. The fourth-order valence-electron chi connectivity index (χ4n) is 1.94. The molecule has 0 unspecified atom stereocenters. The zero-order valence-electron chi connectivity index (χ0n) is 9.61. The molecule has 0 aliphatic carbocycles. The molecule has 92 valence electrons. The van der Waals surface area contributed by atoms with Gasteiger partial charge in [0.25, 0.3) is 0 Å². The molecule has 0 amide bonds. The van der Waals surface area contributed by atoms with Crippen molar-refractivity contribution in [3.63, 3.8) is 0 Å². The Bertz CT molecular complexity index is 588. The maximum Gasteiger partial charge on any atom is 0 e. The molecule has 0 saturated carbocycles. The molecule has 3 heteroatoms. The Morgan fingerprint density at radius 3 is 2.17 bits per heavy atom. The fourth-order valence-corrected chi connectivity index (χ4v) is 1.94. The summed E-state index contributed by atoms with van der Waals surface area (Å²) in [4.78, 5) is 0. The first-order valence-electron chi connectivity index (χ1n) is 5.14. The van der Waals surface area contributed by atoms with E-state index in [1.807, 2.05) is 6.07 Å². The molecule has 0 N–H and O–H groups in total. The van der Waals surface area contributed by atoms with Gasteiger partial charge in [0.05, 0.1) is 0 Å². The second kappa shape index (κ2) is 7.83. The molecule has 3 aromatic rings. The summed E-state index contributed by atoms with van der Waals surface area (Å²) in [6.07, 6.45) is 0. The number of fused-ring (bicyclic) bond motifs is 1. The van der Waals surface area contributed by atoms with Crippen molar-refractivity contribution in [3.05, 3.63) is 66.7 Å². The molecule has 0 saturated heterocycles. The van der Waals surface area contributed by atoms with Crippen molar-refractivity contribution in [3.8, 4) is 11.1 Å². The van der Waals surface area contributed by atoms with Crippen molar-refractivity contribution in [1.29, 1.82) is 0 Å². The molecule has 0 aliphatic heterocycles. The van der Waals surface area contributed by atoms with Crippen molar-refractivity contribution >= 4 is 10.8 Å². The average Bonchev–Trinajstić information content (AvgIpc) is 2.77. The number of halogens is 2. The number of hydrogen-bond donors (Lipinski definition) is 0. The first kappa shape index (κ1) is 17.5. The molecule has 0 bridgehead atoms. The summed E-state index contributed by atoms with van der Waals surface area (Å²) in [5, 5.41) is 2.63. The van der Waals surface area contributed by atoms with Gasteiger partial charge in [-0.05, 0) is 11.1 Å². The van der Waals surface area contributed by atoms with Crippen LogP contribution in [0.25, 0.3) is 21.9 Å². The second-order valence-electron chi connectivity index (χ2n) is 3.74. The summed E-state index contributed by atoms with van der Waals surface area (Å²) in [6, 6.07) is 23.5. The van der Waals surface area contributed by atoms with Crippen molar-refractivity contribution in [2.24, 2.45) is 0 Å². The third-order valence-corrected chi connectivity index (χ3v) is 2.75. The molecule has 0 radical (unpaired) electrons. The van der Waals surface area contributed by atoms with E-state index in [-0.39, 0.29) is 50.7 Å². The van der Waals surface area contributed by atoms with Crippen LogP contribution in [0.1, 0.15) is 0 Å². The van der Waals surface area contributed by atoms with Crippen LogP contribution in [-0.2, 0) is 25.8 Å². The Hall–Kier alpha value is -0.500. The van der Waals surface area contributed by atoms with Crippen LogP contribution >= 0.6 is 0 Å². The van der Waals surface area contributed by atoms with Crippen molar-refractivity contribution in [2.45, 2.75) is 0 Å². The molecule has 0 aliphatic rings. The maximum absolute atomic E-state index is 2.24. The van der Waals surface area contributed by atoms with Gasteiger partial charge in [0.15, 0.2) is 0 Å². The maximum atomic E-state index is 2.24. The normalized spacial score (nSPS) is 8.89. The van der Waals surface area contributed by atoms with E-state index in [0.29, 0.717) is 0 Å². The van der Waals surface area contributed by atoms with Crippen molar-refractivity contribution in [2.75, 3.05) is 0 Å². The third kappa shape index (κ3) is 3.50. The molecule has 0 nitrogen and oxygen atoms in total. The third-order valence-electron chi connectivity index (χ3n) is 2.75. The largest absolute Gasteiger partial charge is 1.00 e. The average molecular weight is 441 g/mol. The second-order valence-corrected chi connectivity index (χ2v) is 3.74. The van der Waals surface area contributed by atoms with Crippen molar-refractivity contribution in [1.82, 2.24) is 0 Å². The van der Waals surface area contributed by atoms with E-state index in [4.69, 9.17) is 0 Å². The summed E-state index contributed by atoms with van der Waals surface area (Å²) in [6.45, 7) is 0. The summed E-state index contributed by atoms with van der Waals surface area (Å²) in [7, 11) is 0. The van der Waals surface area contributed by atoms with Gasteiger partial charge in [-0.1, -0.05) is 42.5 Å². The Morgan fingerprint density at radius 2 is 1.44 bits per heavy atom. The first-order chi connectivity index (χ1) is 7.43. The van der Waals surface area contributed by atoms with Crippen LogP contribution in [-0.4, -0.2) is 0 Å². The zero-order chi connectivity index (χ0) is 10.1. The quantitative estimate of drug-likeness (QED) is 0.311. The molecule has 3 rings (SSSR count). The molecular formula is C15H11Cl2Hf-3. The molecule has 3 aromatic carbocycles. The predicted molar refractivity (Wildman–Crippen MR) is 65.0 cm³/mol. The molecule has 0 fully saturated rings. The fraction of sp³-hybridized carbons (Fsp3) is 0. The summed E-state index contributed by atoms with van der Waals surface area (Å²) in [5.41, 5.74) is 2.56. The minimum absolute atomic E-state index is 0. The minimum Gasteiger partial charge on any atom is -1.00 e. The molecule has 0 spiro atoms. The molecule has 18 heavy (non-hydrogen) atoms. The van der Waals surface area contributed by atoms with Gasteiger partial charge in [-0.2, -0.15) is 17.5 Å². The smallest absolute Gasteiger partial charge is 0 e. The molecular weight excluding hydrogens is 430 g/mol. The Balaban J connectivity index is 0.000000963. The summed E-state index contributed by atoms with van der Waals surface area (Å²) < 4.78 is 0. The van der Waals surface area contributed by atoms with Gasteiger partial charge in [-0.3, -0.25) is 0 Å². The van der Waals surface area contributed by atoms with Gasteiger partial charge in [0.2, 0.25) is 0 Å². The Labute approximate surface area is 138 Å².